The summed E-state index contributed by atoms with van der Waals surface area (Å²) in [7, 11) is -3.11. The SMILES string of the molecule is [C-]#[N+]CCS(=O)(=O)Cc1ccccc1. The zero-order valence-corrected chi connectivity index (χ0v) is 8.50. The lowest BCUT2D eigenvalue weighted by molar-refractivity contribution is 0.596. The van der Waals surface area contributed by atoms with E-state index in [0.29, 0.717) is 0 Å². The quantitative estimate of drug-likeness (QED) is 0.705. The first-order chi connectivity index (χ1) is 6.64. The number of hydrogen-bond donors (Lipinski definition) is 0. The van der Waals surface area contributed by atoms with Crippen molar-refractivity contribution in [3.8, 4) is 0 Å². The van der Waals surface area contributed by atoms with Gasteiger partial charge in [-0.3, -0.25) is 0 Å². The fraction of sp³-hybridized carbons (Fsp3) is 0.300. The Bertz CT molecular complexity index is 417. The maximum Gasteiger partial charge on any atom is 0.228 e. The normalized spacial score (nSPS) is 10.8. The van der Waals surface area contributed by atoms with E-state index in [-0.39, 0.29) is 18.1 Å². The van der Waals surface area contributed by atoms with E-state index >= 15 is 0 Å². The van der Waals surface area contributed by atoms with Crippen molar-refractivity contribution in [1.82, 2.24) is 0 Å². The Labute approximate surface area is 84.1 Å². The summed E-state index contributed by atoms with van der Waals surface area (Å²) in [5.41, 5.74) is 0.775. The highest BCUT2D eigenvalue weighted by molar-refractivity contribution is 7.90. The van der Waals surface area contributed by atoms with Crippen LogP contribution in [0, 0.1) is 6.57 Å². The molecule has 0 aliphatic carbocycles. The Balaban J connectivity index is 2.66. The van der Waals surface area contributed by atoms with E-state index in [1.807, 2.05) is 6.07 Å². The van der Waals surface area contributed by atoms with Gasteiger partial charge in [0.05, 0.1) is 5.75 Å². The van der Waals surface area contributed by atoms with Crippen molar-refractivity contribution in [2.24, 2.45) is 0 Å². The van der Waals surface area contributed by atoms with Gasteiger partial charge in [-0.1, -0.05) is 30.3 Å². The molecule has 0 amide bonds. The molecular formula is C10H11NO2S. The zero-order chi connectivity index (χ0) is 10.4. The first kappa shape index (κ1) is 10.7. The van der Waals surface area contributed by atoms with Crippen LogP contribution in [0.25, 0.3) is 4.85 Å². The van der Waals surface area contributed by atoms with E-state index in [4.69, 9.17) is 6.57 Å². The van der Waals surface area contributed by atoms with Crippen molar-refractivity contribution < 1.29 is 8.42 Å². The number of nitrogens with zero attached hydrogens (tertiary/aromatic N) is 1. The van der Waals surface area contributed by atoms with Crippen LogP contribution in [0.4, 0.5) is 0 Å². The van der Waals surface area contributed by atoms with Gasteiger partial charge in [-0.05, 0) is 5.56 Å². The van der Waals surface area contributed by atoms with E-state index in [1.165, 1.54) is 0 Å². The van der Waals surface area contributed by atoms with E-state index in [1.54, 1.807) is 24.3 Å². The summed E-state index contributed by atoms with van der Waals surface area (Å²) >= 11 is 0. The predicted octanol–water partition coefficient (Wildman–Crippen LogP) is 1.52. The van der Waals surface area contributed by atoms with Crippen LogP contribution in [-0.4, -0.2) is 20.7 Å². The third-order valence-electron chi connectivity index (χ3n) is 1.74. The maximum atomic E-state index is 11.4. The van der Waals surface area contributed by atoms with E-state index in [2.05, 4.69) is 4.85 Å². The molecule has 0 unspecified atom stereocenters. The molecule has 0 heterocycles. The van der Waals surface area contributed by atoms with Gasteiger partial charge in [0.1, 0.15) is 5.75 Å². The summed E-state index contributed by atoms with van der Waals surface area (Å²) in [6.45, 7) is 6.57. The average molecular weight is 209 g/mol. The minimum Gasteiger partial charge on any atom is -0.316 e. The second-order valence-electron chi connectivity index (χ2n) is 2.96. The van der Waals surface area contributed by atoms with Gasteiger partial charge < -0.3 is 4.85 Å². The molecule has 0 saturated heterocycles. The molecule has 14 heavy (non-hydrogen) atoms. The van der Waals surface area contributed by atoms with E-state index < -0.39 is 9.84 Å². The average Bonchev–Trinajstić information content (AvgIpc) is 2.16. The molecule has 3 nitrogen and oxygen atoms in total. The number of benzene rings is 1. The topological polar surface area (TPSA) is 38.5 Å². The molecule has 4 heteroatoms. The molecule has 1 aromatic rings. The van der Waals surface area contributed by atoms with E-state index in [9.17, 15) is 8.42 Å². The zero-order valence-electron chi connectivity index (χ0n) is 7.68. The summed E-state index contributed by atoms with van der Waals surface area (Å²) in [5, 5.41) is 0. The minimum absolute atomic E-state index is 0.0311. The first-order valence-electron chi connectivity index (χ1n) is 4.21. The van der Waals surface area contributed by atoms with Gasteiger partial charge in [0.15, 0.2) is 9.84 Å². The lowest BCUT2D eigenvalue weighted by Gasteiger charge is -2.00. The number of rotatable bonds is 4. The van der Waals surface area contributed by atoms with Crippen molar-refractivity contribution in [3.63, 3.8) is 0 Å². The fourth-order valence-electron chi connectivity index (χ4n) is 1.09. The van der Waals surface area contributed by atoms with Gasteiger partial charge in [-0.25, -0.2) is 15.0 Å². The van der Waals surface area contributed by atoms with Crippen LogP contribution in [-0.2, 0) is 15.6 Å². The van der Waals surface area contributed by atoms with Crippen molar-refractivity contribution in [2.75, 3.05) is 12.3 Å². The molecule has 1 aromatic carbocycles. The highest BCUT2D eigenvalue weighted by Gasteiger charge is 2.12. The van der Waals surface area contributed by atoms with Crippen LogP contribution in [0.1, 0.15) is 5.56 Å². The van der Waals surface area contributed by atoms with Gasteiger partial charge in [0.2, 0.25) is 6.54 Å². The fourth-order valence-corrected chi connectivity index (χ4v) is 2.30. The van der Waals surface area contributed by atoms with Crippen LogP contribution in [0.15, 0.2) is 30.3 Å². The highest BCUT2D eigenvalue weighted by Crippen LogP contribution is 2.05. The Morgan fingerprint density at radius 3 is 2.43 bits per heavy atom. The maximum absolute atomic E-state index is 11.4. The summed E-state index contributed by atoms with van der Waals surface area (Å²) < 4.78 is 22.8. The minimum atomic E-state index is -3.11. The summed E-state index contributed by atoms with van der Waals surface area (Å²) in [6.07, 6.45) is 0. The smallest absolute Gasteiger partial charge is 0.228 e. The Hall–Kier alpha value is -1.34. The number of hydrogen-bond acceptors (Lipinski definition) is 2. The Kier molecular flexibility index (Phi) is 3.66. The van der Waals surface area contributed by atoms with Gasteiger partial charge in [-0.2, -0.15) is 0 Å². The van der Waals surface area contributed by atoms with Crippen molar-refractivity contribution >= 4 is 9.84 Å². The van der Waals surface area contributed by atoms with E-state index in [0.717, 1.165) is 5.56 Å². The van der Waals surface area contributed by atoms with Crippen molar-refractivity contribution in [1.29, 1.82) is 0 Å². The van der Waals surface area contributed by atoms with Crippen molar-refractivity contribution in [2.45, 2.75) is 5.75 Å². The largest absolute Gasteiger partial charge is 0.316 e. The first-order valence-corrected chi connectivity index (χ1v) is 6.04. The van der Waals surface area contributed by atoms with Crippen LogP contribution < -0.4 is 0 Å². The molecule has 0 radical (unpaired) electrons. The Morgan fingerprint density at radius 1 is 1.21 bits per heavy atom. The van der Waals surface area contributed by atoms with Crippen LogP contribution in [0.5, 0.6) is 0 Å². The predicted molar refractivity (Wildman–Crippen MR) is 55.4 cm³/mol. The summed E-state index contributed by atoms with van der Waals surface area (Å²) in [5.74, 6) is -0.0191. The molecule has 0 fully saturated rings. The molecule has 0 aromatic heterocycles. The summed E-state index contributed by atoms with van der Waals surface area (Å²) in [4.78, 5) is 3.03. The van der Waals surface area contributed by atoms with Gasteiger partial charge in [-0.15, -0.1) is 0 Å². The molecule has 0 saturated carbocycles. The molecule has 0 bridgehead atoms. The molecule has 0 aliphatic rings. The molecule has 74 valence electrons. The lowest BCUT2D eigenvalue weighted by Crippen LogP contribution is -2.10. The highest BCUT2D eigenvalue weighted by atomic mass is 32.2. The lowest BCUT2D eigenvalue weighted by atomic mass is 10.2. The molecular weight excluding hydrogens is 198 g/mol. The van der Waals surface area contributed by atoms with Gasteiger partial charge in [0, 0.05) is 0 Å². The van der Waals surface area contributed by atoms with Crippen LogP contribution >= 0.6 is 0 Å². The molecule has 0 spiro atoms. The van der Waals surface area contributed by atoms with Crippen LogP contribution in [0.3, 0.4) is 0 Å². The van der Waals surface area contributed by atoms with Crippen LogP contribution in [0.2, 0.25) is 0 Å². The third-order valence-corrected chi connectivity index (χ3v) is 3.32. The van der Waals surface area contributed by atoms with Gasteiger partial charge in [0.25, 0.3) is 0 Å². The molecule has 1 rings (SSSR count). The molecule has 0 atom stereocenters. The standard InChI is InChI=1S/C10H11NO2S/c1-11-7-8-14(12,13)9-10-5-3-2-4-6-10/h2-6H,7-9H2. The van der Waals surface area contributed by atoms with Gasteiger partial charge >= 0.3 is 0 Å². The Morgan fingerprint density at radius 2 is 1.86 bits per heavy atom. The second kappa shape index (κ2) is 4.77. The third kappa shape index (κ3) is 3.58. The summed E-state index contributed by atoms with van der Waals surface area (Å²) in [6, 6.07) is 9.00. The molecule has 0 aliphatic heterocycles. The number of sulfone groups is 1. The second-order valence-corrected chi connectivity index (χ2v) is 5.14. The monoisotopic (exact) mass is 209 g/mol. The molecule has 0 N–H and O–H groups in total. The van der Waals surface area contributed by atoms with Crippen molar-refractivity contribution in [3.05, 3.63) is 47.3 Å².